The van der Waals surface area contributed by atoms with Gasteiger partial charge in [-0.15, -0.1) is 0 Å². The first-order valence-corrected chi connectivity index (χ1v) is 7.69. The zero-order valence-corrected chi connectivity index (χ0v) is 12.3. The van der Waals surface area contributed by atoms with Gasteiger partial charge in [-0.25, -0.2) is 13.6 Å². The zero-order chi connectivity index (χ0) is 15.6. The molecule has 0 saturated carbocycles. The number of nitrogens with one attached hydrogen (secondary N) is 1. The lowest BCUT2D eigenvalue weighted by molar-refractivity contribution is 0.102. The normalized spacial score (nSPS) is 11.1. The SMILES string of the molecule is Nc1ccc(C(=O)Nc2ccc(S(N)(=O)=O)cc2)c(Cl)c1. The van der Waals surface area contributed by atoms with E-state index in [1.54, 1.807) is 6.07 Å². The van der Waals surface area contributed by atoms with Gasteiger partial charge in [-0.3, -0.25) is 4.79 Å². The predicted octanol–water partition coefficient (Wildman–Crippen LogP) is 1.82. The first-order valence-electron chi connectivity index (χ1n) is 5.76. The molecule has 110 valence electrons. The largest absolute Gasteiger partial charge is 0.399 e. The van der Waals surface area contributed by atoms with Crippen molar-refractivity contribution < 1.29 is 13.2 Å². The minimum absolute atomic E-state index is 0.0361. The lowest BCUT2D eigenvalue weighted by Gasteiger charge is -2.08. The van der Waals surface area contributed by atoms with Crippen LogP contribution in [0.25, 0.3) is 0 Å². The monoisotopic (exact) mass is 325 g/mol. The number of rotatable bonds is 3. The number of hydrogen-bond acceptors (Lipinski definition) is 4. The molecule has 0 radical (unpaired) electrons. The molecule has 2 aromatic carbocycles. The highest BCUT2D eigenvalue weighted by Gasteiger charge is 2.12. The first kappa shape index (κ1) is 15.3. The van der Waals surface area contributed by atoms with Crippen LogP contribution in [0.1, 0.15) is 10.4 Å². The van der Waals surface area contributed by atoms with Crippen molar-refractivity contribution >= 4 is 38.9 Å². The number of carbonyl (C=O) groups excluding carboxylic acids is 1. The molecule has 0 aliphatic heterocycles. The van der Waals surface area contributed by atoms with E-state index in [0.717, 1.165) is 0 Å². The van der Waals surface area contributed by atoms with Crippen molar-refractivity contribution in [3.63, 3.8) is 0 Å². The lowest BCUT2D eigenvalue weighted by atomic mass is 10.2. The molecular formula is C13H12ClN3O3S. The summed E-state index contributed by atoms with van der Waals surface area (Å²) in [5, 5.41) is 7.82. The van der Waals surface area contributed by atoms with Crippen LogP contribution in [0.3, 0.4) is 0 Å². The van der Waals surface area contributed by atoms with Crippen LogP contribution in [-0.4, -0.2) is 14.3 Å². The third-order valence-corrected chi connectivity index (χ3v) is 3.92. The van der Waals surface area contributed by atoms with Gasteiger partial charge in [0.25, 0.3) is 5.91 Å². The molecule has 0 spiro atoms. The van der Waals surface area contributed by atoms with Gasteiger partial charge in [-0.1, -0.05) is 11.6 Å². The molecule has 6 nitrogen and oxygen atoms in total. The van der Waals surface area contributed by atoms with Crippen molar-refractivity contribution in [3.05, 3.63) is 53.1 Å². The summed E-state index contributed by atoms with van der Waals surface area (Å²) in [6.45, 7) is 0. The molecule has 0 bridgehead atoms. The maximum Gasteiger partial charge on any atom is 0.257 e. The Labute approximate surface area is 126 Å². The van der Waals surface area contributed by atoms with Crippen molar-refractivity contribution in [3.8, 4) is 0 Å². The van der Waals surface area contributed by atoms with E-state index in [1.807, 2.05) is 0 Å². The molecule has 2 rings (SSSR count). The summed E-state index contributed by atoms with van der Waals surface area (Å²) < 4.78 is 22.3. The van der Waals surface area contributed by atoms with Crippen molar-refractivity contribution in [1.29, 1.82) is 0 Å². The average molecular weight is 326 g/mol. The molecule has 0 fully saturated rings. The molecule has 5 N–H and O–H groups in total. The number of nitrogen functional groups attached to an aromatic ring is 1. The molecule has 0 atom stereocenters. The van der Waals surface area contributed by atoms with Crippen molar-refractivity contribution in [2.45, 2.75) is 4.90 Å². The summed E-state index contributed by atoms with van der Waals surface area (Å²) in [7, 11) is -3.76. The quantitative estimate of drug-likeness (QED) is 0.746. The number of carbonyl (C=O) groups is 1. The van der Waals surface area contributed by atoms with Crippen LogP contribution >= 0.6 is 11.6 Å². The highest BCUT2D eigenvalue weighted by molar-refractivity contribution is 7.89. The molecule has 0 saturated heterocycles. The van der Waals surface area contributed by atoms with Gasteiger partial charge in [0.1, 0.15) is 0 Å². The average Bonchev–Trinajstić information content (AvgIpc) is 2.38. The van der Waals surface area contributed by atoms with Gasteiger partial charge in [-0.05, 0) is 42.5 Å². The van der Waals surface area contributed by atoms with Gasteiger partial charge in [-0.2, -0.15) is 0 Å². The fraction of sp³-hybridized carbons (Fsp3) is 0. The second-order valence-electron chi connectivity index (χ2n) is 4.26. The fourth-order valence-corrected chi connectivity index (χ4v) is 2.43. The van der Waals surface area contributed by atoms with E-state index in [0.29, 0.717) is 11.4 Å². The zero-order valence-electron chi connectivity index (χ0n) is 10.7. The summed E-state index contributed by atoms with van der Waals surface area (Å²) in [4.78, 5) is 12.0. The Morgan fingerprint density at radius 1 is 1.10 bits per heavy atom. The molecule has 0 heterocycles. The number of hydrogen-bond donors (Lipinski definition) is 3. The Kier molecular flexibility index (Phi) is 4.17. The Morgan fingerprint density at radius 2 is 1.71 bits per heavy atom. The number of primary sulfonamides is 1. The van der Waals surface area contributed by atoms with Crippen molar-refractivity contribution in [2.75, 3.05) is 11.1 Å². The molecule has 1 amide bonds. The number of nitrogens with two attached hydrogens (primary N) is 2. The van der Waals surface area contributed by atoms with Crippen LogP contribution in [-0.2, 0) is 10.0 Å². The lowest BCUT2D eigenvalue weighted by Crippen LogP contribution is -2.14. The molecule has 0 unspecified atom stereocenters. The van der Waals surface area contributed by atoms with E-state index in [2.05, 4.69) is 5.32 Å². The van der Waals surface area contributed by atoms with E-state index in [9.17, 15) is 13.2 Å². The molecule has 21 heavy (non-hydrogen) atoms. The highest BCUT2D eigenvalue weighted by Crippen LogP contribution is 2.21. The molecule has 0 aliphatic carbocycles. The van der Waals surface area contributed by atoms with Gasteiger partial charge in [0.05, 0.1) is 15.5 Å². The van der Waals surface area contributed by atoms with Gasteiger partial charge < -0.3 is 11.1 Å². The standard InChI is InChI=1S/C13H12ClN3O3S/c14-12-7-8(15)1-6-11(12)13(18)17-9-2-4-10(5-3-9)21(16,19)20/h1-7H,15H2,(H,17,18)(H2,16,19,20). The summed E-state index contributed by atoms with van der Waals surface area (Å²) in [5.41, 5.74) is 6.69. The second kappa shape index (κ2) is 5.72. The number of amides is 1. The van der Waals surface area contributed by atoms with Crippen molar-refractivity contribution in [2.24, 2.45) is 5.14 Å². The number of halogens is 1. The van der Waals surface area contributed by atoms with E-state index in [1.165, 1.54) is 36.4 Å². The van der Waals surface area contributed by atoms with Crippen LogP contribution in [0.2, 0.25) is 5.02 Å². The minimum Gasteiger partial charge on any atom is -0.399 e. The topological polar surface area (TPSA) is 115 Å². The highest BCUT2D eigenvalue weighted by atomic mass is 35.5. The van der Waals surface area contributed by atoms with Crippen molar-refractivity contribution in [1.82, 2.24) is 0 Å². The van der Waals surface area contributed by atoms with Crippen LogP contribution in [0, 0.1) is 0 Å². The minimum atomic E-state index is -3.76. The smallest absolute Gasteiger partial charge is 0.257 e. The van der Waals surface area contributed by atoms with Gasteiger partial charge in [0.15, 0.2) is 0 Å². The summed E-state index contributed by atoms with van der Waals surface area (Å²) >= 11 is 5.94. The van der Waals surface area contributed by atoms with Crippen LogP contribution in [0.4, 0.5) is 11.4 Å². The number of sulfonamides is 1. The Morgan fingerprint density at radius 3 is 2.24 bits per heavy atom. The molecule has 2 aromatic rings. The fourth-order valence-electron chi connectivity index (χ4n) is 1.64. The third kappa shape index (κ3) is 3.72. The number of anilines is 2. The molecule has 8 heteroatoms. The summed E-state index contributed by atoms with van der Waals surface area (Å²) in [6.07, 6.45) is 0. The maximum atomic E-state index is 12.0. The van der Waals surface area contributed by atoms with E-state index in [4.69, 9.17) is 22.5 Å². The predicted molar refractivity (Wildman–Crippen MR) is 81.6 cm³/mol. The summed E-state index contributed by atoms with van der Waals surface area (Å²) in [5.74, 6) is -0.427. The molecule has 0 aliphatic rings. The second-order valence-corrected chi connectivity index (χ2v) is 6.23. The van der Waals surface area contributed by atoms with Crippen LogP contribution < -0.4 is 16.2 Å². The Hall–Kier alpha value is -2.09. The van der Waals surface area contributed by atoms with E-state index < -0.39 is 15.9 Å². The van der Waals surface area contributed by atoms with E-state index >= 15 is 0 Å². The van der Waals surface area contributed by atoms with Gasteiger partial charge in [0, 0.05) is 11.4 Å². The van der Waals surface area contributed by atoms with Crippen LogP contribution in [0.15, 0.2) is 47.4 Å². The van der Waals surface area contributed by atoms with Gasteiger partial charge >= 0.3 is 0 Å². The Balaban J connectivity index is 2.20. The maximum absolute atomic E-state index is 12.0. The molecule has 0 aromatic heterocycles. The van der Waals surface area contributed by atoms with Crippen LogP contribution in [0.5, 0.6) is 0 Å². The summed E-state index contributed by atoms with van der Waals surface area (Å²) in [6, 6.07) is 10.0. The third-order valence-electron chi connectivity index (χ3n) is 2.68. The van der Waals surface area contributed by atoms with E-state index in [-0.39, 0.29) is 15.5 Å². The van der Waals surface area contributed by atoms with Gasteiger partial charge in [0.2, 0.25) is 10.0 Å². The first-order chi connectivity index (χ1) is 9.77. The Bertz CT molecular complexity index is 789. The molecular weight excluding hydrogens is 314 g/mol. The number of benzene rings is 2.